The quantitative estimate of drug-likeness (QED) is 0.787. The van der Waals surface area contributed by atoms with E-state index in [1.165, 1.54) is 0 Å². The van der Waals surface area contributed by atoms with Crippen LogP contribution in [0.15, 0.2) is 48.5 Å². The van der Waals surface area contributed by atoms with Gasteiger partial charge >= 0.3 is 0 Å². The predicted octanol–water partition coefficient (Wildman–Crippen LogP) is 1.92. The van der Waals surface area contributed by atoms with Crippen molar-refractivity contribution < 1.29 is 19.2 Å². The van der Waals surface area contributed by atoms with Crippen LogP contribution in [0.2, 0.25) is 0 Å². The third kappa shape index (κ3) is 2.11. The van der Waals surface area contributed by atoms with E-state index in [1.54, 1.807) is 49.4 Å². The SMILES string of the molecule is Cc1ccccc1N1C(=O)CC(N2C(=O)c3ccccc3C2=O)C1=O. The molecular weight excluding hydrogens is 320 g/mol. The molecule has 2 aromatic rings. The van der Waals surface area contributed by atoms with Crippen molar-refractivity contribution in [2.45, 2.75) is 19.4 Å². The molecule has 0 spiro atoms. The van der Waals surface area contributed by atoms with Crippen molar-refractivity contribution in [2.24, 2.45) is 0 Å². The Balaban J connectivity index is 1.71. The first-order chi connectivity index (χ1) is 12.0. The second kappa shape index (κ2) is 5.37. The highest BCUT2D eigenvalue weighted by Crippen LogP contribution is 2.32. The van der Waals surface area contributed by atoms with E-state index in [-0.39, 0.29) is 17.5 Å². The minimum absolute atomic E-state index is 0.196. The molecule has 2 aliphatic rings. The van der Waals surface area contributed by atoms with E-state index in [1.807, 2.05) is 6.07 Å². The molecular formula is C19H14N2O4. The van der Waals surface area contributed by atoms with Gasteiger partial charge < -0.3 is 0 Å². The summed E-state index contributed by atoms with van der Waals surface area (Å²) in [6.07, 6.45) is -0.196. The summed E-state index contributed by atoms with van der Waals surface area (Å²) in [7, 11) is 0. The zero-order valence-corrected chi connectivity index (χ0v) is 13.4. The van der Waals surface area contributed by atoms with E-state index in [0.717, 1.165) is 15.4 Å². The van der Waals surface area contributed by atoms with E-state index in [0.29, 0.717) is 5.69 Å². The van der Waals surface area contributed by atoms with Gasteiger partial charge in [-0.2, -0.15) is 0 Å². The van der Waals surface area contributed by atoms with Gasteiger partial charge in [0.05, 0.1) is 23.2 Å². The number of benzene rings is 2. The molecule has 6 nitrogen and oxygen atoms in total. The molecule has 0 aromatic heterocycles. The number of nitrogens with zero attached hydrogens (tertiary/aromatic N) is 2. The first-order valence-corrected chi connectivity index (χ1v) is 7.90. The van der Waals surface area contributed by atoms with Crippen LogP contribution in [0.5, 0.6) is 0 Å². The molecule has 2 aromatic carbocycles. The second-order valence-electron chi connectivity index (χ2n) is 6.10. The zero-order valence-electron chi connectivity index (χ0n) is 13.4. The maximum atomic E-state index is 12.9. The number of anilines is 1. The monoisotopic (exact) mass is 334 g/mol. The summed E-state index contributed by atoms with van der Waals surface area (Å²) in [5.41, 5.74) is 1.79. The maximum absolute atomic E-state index is 12.9. The molecule has 0 N–H and O–H groups in total. The summed E-state index contributed by atoms with van der Waals surface area (Å²) < 4.78 is 0. The number of carbonyl (C=O) groups excluding carboxylic acids is 4. The molecule has 1 atom stereocenters. The Labute approximate surface area is 143 Å². The number of fused-ring (bicyclic) bond motifs is 1. The lowest BCUT2D eigenvalue weighted by atomic mass is 10.1. The van der Waals surface area contributed by atoms with Crippen molar-refractivity contribution in [1.29, 1.82) is 0 Å². The zero-order chi connectivity index (χ0) is 17.7. The van der Waals surface area contributed by atoms with Gasteiger partial charge in [0.15, 0.2) is 0 Å². The van der Waals surface area contributed by atoms with Crippen LogP contribution in [0.4, 0.5) is 5.69 Å². The molecule has 2 heterocycles. The van der Waals surface area contributed by atoms with Crippen molar-refractivity contribution in [3.05, 3.63) is 65.2 Å². The lowest BCUT2D eigenvalue weighted by molar-refractivity contribution is -0.122. The molecule has 0 saturated carbocycles. The molecule has 6 heteroatoms. The van der Waals surface area contributed by atoms with Gasteiger partial charge in [-0.25, -0.2) is 4.90 Å². The van der Waals surface area contributed by atoms with E-state index in [4.69, 9.17) is 0 Å². The fourth-order valence-electron chi connectivity index (χ4n) is 3.38. The highest BCUT2D eigenvalue weighted by Gasteiger charge is 2.50. The van der Waals surface area contributed by atoms with Gasteiger partial charge in [-0.1, -0.05) is 30.3 Å². The fraction of sp³-hybridized carbons (Fsp3) is 0.158. The lowest BCUT2D eigenvalue weighted by Gasteiger charge is -2.21. The third-order valence-electron chi connectivity index (χ3n) is 4.62. The van der Waals surface area contributed by atoms with Gasteiger partial charge in [-0.3, -0.25) is 24.1 Å². The molecule has 4 rings (SSSR count). The summed E-state index contributed by atoms with van der Waals surface area (Å²) in [5, 5.41) is 0. The largest absolute Gasteiger partial charge is 0.274 e. The Hall–Kier alpha value is -3.28. The first kappa shape index (κ1) is 15.3. The van der Waals surface area contributed by atoms with Crippen LogP contribution in [0.1, 0.15) is 32.7 Å². The van der Waals surface area contributed by atoms with Gasteiger partial charge in [0.2, 0.25) is 5.91 Å². The number of imide groups is 2. The average Bonchev–Trinajstić information content (AvgIpc) is 3.03. The molecule has 1 unspecified atom stereocenters. The summed E-state index contributed by atoms with van der Waals surface area (Å²) in [6.45, 7) is 1.80. The molecule has 0 aliphatic carbocycles. The van der Waals surface area contributed by atoms with Crippen LogP contribution < -0.4 is 4.90 Å². The number of hydrogen-bond acceptors (Lipinski definition) is 4. The van der Waals surface area contributed by atoms with Gasteiger partial charge in [-0.15, -0.1) is 0 Å². The topological polar surface area (TPSA) is 74.8 Å². The van der Waals surface area contributed by atoms with E-state index in [9.17, 15) is 19.2 Å². The summed E-state index contributed by atoms with van der Waals surface area (Å²) in [6, 6.07) is 12.3. The Morgan fingerprint density at radius 1 is 0.840 bits per heavy atom. The lowest BCUT2D eigenvalue weighted by Crippen LogP contribution is -2.45. The minimum atomic E-state index is -1.10. The van der Waals surface area contributed by atoms with Crippen LogP contribution in [-0.4, -0.2) is 34.6 Å². The predicted molar refractivity (Wildman–Crippen MR) is 89.0 cm³/mol. The molecule has 1 saturated heterocycles. The van der Waals surface area contributed by atoms with Crippen LogP contribution in [0.3, 0.4) is 0 Å². The van der Waals surface area contributed by atoms with Crippen molar-refractivity contribution >= 4 is 29.3 Å². The third-order valence-corrected chi connectivity index (χ3v) is 4.62. The maximum Gasteiger partial charge on any atom is 0.262 e. The van der Waals surface area contributed by atoms with Crippen molar-refractivity contribution in [2.75, 3.05) is 4.90 Å². The smallest absolute Gasteiger partial charge is 0.262 e. The number of carbonyl (C=O) groups is 4. The van der Waals surface area contributed by atoms with Crippen LogP contribution in [0.25, 0.3) is 0 Å². The number of hydrogen-bond donors (Lipinski definition) is 0. The minimum Gasteiger partial charge on any atom is -0.274 e. The molecule has 4 amide bonds. The Kier molecular flexibility index (Phi) is 3.28. The standard InChI is InChI=1S/C19H14N2O4/c1-11-6-2-5-9-14(11)20-16(22)10-15(19(20)25)21-17(23)12-7-3-4-8-13(12)18(21)24/h2-9,15H,10H2,1H3. The summed E-state index contributed by atoms with van der Waals surface area (Å²) >= 11 is 0. The second-order valence-corrected chi connectivity index (χ2v) is 6.10. The highest BCUT2D eigenvalue weighted by molar-refractivity contribution is 6.28. The Bertz CT molecular complexity index is 915. The number of rotatable bonds is 2. The molecule has 0 radical (unpaired) electrons. The van der Waals surface area contributed by atoms with Crippen LogP contribution >= 0.6 is 0 Å². The Morgan fingerprint density at radius 2 is 1.40 bits per heavy atom. The highest BCUT2D eigenvalue weighted by atomic mass is 16.2. The number of amides is 4. The molecule has 2 aliphatic heterocycles. The molecule has 25 heavy (non-hydrogen) atoms. The van der Waals surface area contributed by atoms with Gasteiger partial charge in [0.1, 0.15) is 6.04 Å². The fourth-order valence-corrected chi connectivity index (χ4v) is 3.38. The van der Waals surface area contributed by atoms with E-state index < -0.39 is 29.7 Å². The van der Waals surface area contributed by atoms with Crippen molar-refractivity contribution in [3.63, 3.8) is 0 Å². The number of para-hydroxylation sites is 1. The Morgan fingerprint density at radius 3 is 2.00 bits per heavy atom. The van der Waals surface area contributed by atoms with Gasteiger partial charge in [0.25, 0.3) is 17.7 Å². The first-order valence-electron chi connectivity index (χ1n) is 7.90. The van der Waals surface area contributed by atoms with Crippen LogP contribution in [-0.2, 0) is 9.59 Å². The van der Waals surface area contributed by atoms with Gasteiger partial charge in [0, 0.05) is 0 Å². The molecule has 124 valence electrons. The van der Waals surface area contributed by atoms with E-state index >= 15 is 0 Å². The average molecular weight is 334 g/mol. The van der Waals surface area contributed by atoms with Gasteiger partial charge in [-0.05, 0) is 30.7 Å². The number of aryl methyl sites for hydroxylation is 1. The molecule has 1 fully saturated rings. The van der Waals surface area contributed by atoms with Crippen LogP contribution in [0, 0.1) is 6.92 Å². The summed E-state index contributed by atoms with van der Waals surface area (Å²) in [5.74, 6) is -2.02. The van der Waals surface area contributed by atoms with Crippen molar-refractivity contribution in [3.8, 4) is 0 Å². The molecule has 0 bridgehead atoms. The summed E-state index contributed by atoms with van der Waals surface area (Å²) in [4.78, 5) is 52.5. The van der Waals surface area contributed by atoms with E-state index in [2.05, 4.69) is 0 Å². The van der Waals surface area contributed by atoms with Crippen molar-refractivity contribution in [1.82, 2.24) is 4.90 Å². The normalized spacial score (nSPS) is 19.8.